The zero-order valence-corrected chi connectivity index (χ0v) is 9.52. The highest BCUT2D eigenvalue weighted by molar-refractivity contribution is 7.09. The van der Waals surface area contributed by atoms with Gasteiger partial charge in [0.25, 0.3) is 0 Å². The summed E-state index contributed by atoms with van der Waals surface area (Å²) in [7, 11) is 0. The Balaban J connectivity index is 1.89. The smallest absolute Gasteiger partial charge is 0.0928 e. The Morgan fingerprint density at radius 1 is 1.64 bits per heavy atom. The molecular formula is C11H18N2S. The number of nitrogens with zero attached hydrogens (tertiary/aromatic N) is 1. The van der Waals surface area contributed by atoms with Crippen molar-refractivity contribution in [3.8, 4) is 0 Å². The zero-order valence-electron chi connectivity index (χ0n) is 8.70. The van der Waals surface area contributed by atoms with Crippen molar-refractivity contribution in [1.29, 1.82) is 0 Å². The predicted molar refractivity (Wildman–Crippen MR) is 60.7 cm³/mol. The third kappa shape index (κ3) is 2.34. The number of hydrogen-bond donors (Lipinski definition) is 1. The Morgan fingerprint density at radius 3 is 3.00 bits per heavy atom. The van der Waals surface area contributed by atoms with Crippen LogP contribution in [0, 0.1) is 0 Å². The van der Waals surface area contributed by atoms with Crippen LogP contribution in [0.1, 0.15) is 49.2 Å². The molecule has 1 aromatic rings. The minimum absolute atomic E-state index is 0.297. The van der Waals surface area contributed by atoms with E-state index in [9.17, 15) is 0 Å². The molecule has 1 aliphatic rings. The van der Waals surface area contributed by atoms with Gasteiger partial charge in [-0.2, -0.15) is 0 Å². The fourth-order valence-corrected chi connectivity index (χ4v) is 2.58. The molecule has 0 aromatic carbocycles. The van der Waals surface area contributed by atoms with Gasteiger partial charge in [0.15, 0.2) is 0 Å². The van der Waals surface area contributed by atoms with E-state index >= 15 is 0 Å². The van der Waals surface area contributed by atoms with Crippen molar-refractivity contribution >= 4 is 11.3 Å². The van der Waals surface area contributed by atoms with E-state index in [1.54, 1.807) is 11.3 Å². The molecule has 0 amide bonds. The second-order valence-corrected chi connectivity index (χ2v) is 5.25. The highest BCUT2D eigenvalue weighted by atomic mass is 32.1. The van der Waals surface area contributed by atoms with Crippen molar-refractivity contribution in [2.75, 3.05) is 0 Å². The number of aromatic nitrogens is 1. The van der Waals surface area contributed by atoms with E-state index in [1.807, 2.05) is 0 Å². The Bertz CT molecular complexity index is 289. The van der Waals surface area contributed by atoms with Gasteiger partial charge in [0.2, 0.25) is 0 Å². The van der Waals surface area contributed by atoms with Crippen LogP contribution in [0.2, 0.25) is 0 Å². The van der Waals surface area contributed by atoms with Gasteiger partial charge >= 0.3 is 0 Å². The first-order chi connectivity index (χ1) is 6.75. The lowest BCUT2D eigenvalue weighted by molar-refractivity contribution is 0.412. The van der Waals surface area contributed by atoms with Gasteiger partial charge in [-0.1, -0.05) is 6.42 Å². The largest absolute Gasteiger partial charge is 0.328 e. The number of nitrogens with two attached hydrogens (primary N) is 1. The lowest BCUT2D eigenvalue weighted by atomic mass is 9.83. The predicted octanol–water partition coefficient (Wildman–Crippen LogP) is 2.69. The van der Waals surface area contributed by atoms with Crippen molar-refractivity contribution in [1.82, 2.24) is 4.98 Å². The molecule has 2 rings (SSSR count). The van der Waals surface area contributed by atoms with Crippen LogP contribution in [0.5, 0.6) is 0 Å². The van der Waals surface area contributed by atoms with Crippen molar-refractivity contribution < 1.29 is 0 Å². The highest BCUT2D eigenvalue weighted by Gasteiger charge is 2.21. The van der Waals surface area contributed by atoms with Gasteiger partial charge in [0.05, 0.1) is 10.7 Å². The van der Waals surface area contributed by atoms with Crippen molar-refractivity contribution in [2.45, 2.75) is 51.0 Å². The van der Waals surface area contributed by atoms with E-state index in [-0.39, 0.29) is 0 Å². The topological polar surface area (TPSA) is 38.9 Å². The van der Waals surface area contributed by atoms with Gasteiger partial charge in [-0.05, 0) is 26.2 Å². The van der Waals surface area contributed by atoms with Crippen LogP contribution >= 0.6 is 11.3 Å². The van der Waals surface area contributed by atoms with Crippen LogP contribution in [-0.2, 0) is 6.42 Å². The fourth-order valence-electron chi connectivity index (χ4n) is 1.68. The molecule has 0 radical (unpaired) electrons. The molecule has 3 heteroatoms. The summed E-state index contributed by atoms with van der Waals surface area (Å²) in [5.74, 6) is 0.773. The van der Waals surface area contributed by atoms with Gasteiger partial charge in [-0.3, -0.25) is 0 Å². The summed E-state index contributed by atoms with van der Waals surface area (Å²) in [4.78, 5) is 4.67. The maximum atomic E-state index is 5.72. The van der Waals surface area contributed by atoms with Gasteiger partial charge in [0.1, 0.15) is 0 Å². The first kappa shape index (κ1) is 10.1. The third-order valence-corrected chi connectivity index (χ3v) is 3.83. The Morgan fingerprint density at radius 2 is 2.43 bits per heavy atom. The lowest BCUT2D eigenvalue weighted by Crippen LogP contribution is -2.15. The Kier molecular flexibility index (Phi) is 3.19. The summed E-state index contributed by atoms with van der Waals surface area (Å²) in [6.07, 6.45) is 6.18. The number of aryl methyl sites for hydroxylation is 1. The average molecular weight is 210 g/mol. The molecule has 0 saturated heterocycles. The molecular weight excluding hydrogens is 192 g/mol. The number of hydrogen-bond acceptors (Lipinski definition) is 3. The van der Waals surface area contributed by atoms with Crippen LogP contribution < -0.4 is 5.73 Å². The summed E-state index contributed by atoms with van der Waals surface area (Å²) < 4.78 is 0. The molecule has 1 atom stereocenters. The summed E-state index contributed by atoms with van der Waals surface area (Å²) in [6.45, 7) is 2.06. The molecule has 0 spiro atoms. The van der Waals surface area contributed by atoms with Gasteiger partial charge in [0, 0.05) is 23.8 Å². The van der Waals surface area contributed by atoms with E-state index in [1.165, 1.54) is 30.0 Å². The molecule has 0 aliphatic heterocycles. The molecule has 1 saturated carbocycles. The normalized spacial score (nSPS) is 19.3. The Hall–Kier alpha value is -0.410. The molecule has 0 bridgehead atoms. The minimum atomic E-state index is 0.297. The maximum absolute atomic E-state index is 5.72. The standard InChI is InChI=1S/C11H18N2S/c1-8(12)5-6-11-13-10(7-14-11)9-3-2-4-9/h7-9H,2-6,12H2,1H3. The van der Waals surface area contributed by atoms with Crippen molar-refractivity contribution in [3.63, 3.8) is 0 Å². The first-order valence-electron chi connectivity index (χ1n) is 5.45. The molecule has 1 unspecified atom stereocenters. The van der Waals surface area contributed by atoms with E-state index in [2.05, 4.69) is 17.3 Å². The van der Waals surface area contributed by atoms with E-state index < -0.39 is 0 Å². The van der Waals surface area contributed by atoms with Crippen LogP contribution in [0.15, 0.2) is 5.38 Å². The van der Waals surface area contributed by atoms with E-state index in [0.717, 1.165) is 18.8 Å². The summed E-state index contributed by atoms with van der Waals surface area (Å²) in [6, 6.07) is 0.297. The maximum Gasteiger partial charge on any atom is 0.0928 e. The van der Waals surface area contributed by atoms with Crippen LogP contribution in [-0.4, -0.2) is 11.0 Å². The summed E-state index contributed by atoms with van der Waals surface area (Å²) >= 11 is 1.80. The second kappa shape index (κ2) is 4.41. The van der Waals surface area contributed by atoms with Crippen LogP contribution in [0.3, 0.4) is 0 Å². The molecule has 14 heavy (non-hydrogen) atoms. The van der Waals surface area contributed by atoms with Crippen LogP contribution in [0.4, 0.5) is 0 Å². The zero-order chi connectivity index (χ0) is 9.97. The van der Waals surface area contributed by atoms with Crippen LogP contribution in [0.25, 0.3) is 0 Å². The number of rotatable bonds is 4. The second-order valence-electron chi connectivity index (χ2n) is 4.31. The van der Waals surface area contributed by atoms with E-state index in [4.69, 9.17) is 5.73 Å². The molecule has 2 nitrogen and oxygen atoms in total. The quantitative estimate of drug-likeness (QED) is 0.830. The molecule has 1 aromatic heterocycles. The fraction of sp³-hybridized carbons (Fsp3) is 0.727. The van der Waals surface area contributed by atoms with Gasteiger partial charge in [-0.25, -0.2) is 4.98 Å². The molecule has 1 fully saturated rings. The molecule has 78 valence electrons. The first-order valence-corrected chi connectivity index (χ1v) is 6.33. The minimum Gasteiger partial charge on any atom is -0.328 e. The Labute approximate surface area is 89.5 Å². The SMILES string of the molecule is CC(N)CCc1nc(C2CCC2)cs1. The molecule has 2 N–H and O–H groups in total. The van der Waals surface area contributed by atoms with E-state index in [0.29, 0.717) is 6.04 Å². The summed E-state index contributed by atoms with van der Waals surface area (Å²) in [5, 5.41) is 3.50. The van der Waals surface area contributed by atoms with Gasteiger partial charge in [-0.15, -0.1) is 11.3 Å². The molecule has 1 aliphatic carbocycles. The van der Waals surface area contributed by atoms with Crippen molar-refractivity contribution in [2.24, 2.45) is 5.73 Å². The lowest BCUT2D eigenvalue weighted by Gasteiger charge is -2.23. The summed E-state index contributed by atoms with van der Waals surface area (Å²) in [5.41, 5.74) is 7.06. The number of thiazole rings is 1. The third-order valence-electron chi connectivity index (χ3n) is 2.91. The monoisotopic (exact) mass is 210 g/mol. The molecule has 1 heterocycles. The van der Waals surface area contributed by atoms with Gasteiger partial charge < -0.3 is 5.73 Å². The average Bonchev–Trinajstić information content (AvgIpc) is 2.46. The highest BCUT2D eigenvalue weighted by Crippen LogP contribution is 2.36. The van der Waals surface area contributed by atoms with Crippen molar-refractivity contribution in [3.05, 3.63) is 16.1 Å².